The van der Waals surface area contributed by atoms with E-state index in [4.69, 9.17) is 0 Å². The number of esters is 1. The fourth-order valence-corrected chi connectivity index (χ4v) is 1.90. The van der Waals surface area contributed by atoms with Crippen LogP contribution < -0.4 is 0 Å². The first-order valence-corrected chi connectivity index (χ1v) is 3.50. The maximum Gasteiger partial charge on any atom is 0.342 e. The molecule has 1 saturated carbocycles. The van der Waals surface area contributed by atoms with Gasteiger partial charge in [-0.1, -0.05) is 13.8 Å². The Morgan fingerprint density at radius 3 is 2.18 bits per heavy atom. The van der Waals surface area contributed by atoms with Crippen molar-refractivity contribution >= 4 is 5.97 Å². The molecule has 0 amide bonds. The zero-order valence-corrected chi connectivity index (χ0v) is 6.42. The molecule has 0 radical (unpaired) electrons. The van der Waals surface area contributed by atoms with Crippen LogP contribution in [-0.4, -0.2) is 34.0 Å². The van der Waals surface area contributed by atoms with Gasteiger partial charge in [-0.25, -0.2) is 4.79 Å². The maximum atomic E-state index is 10.9. The molecule has 4 heteroatoms. The maximum absolute atomic E-state index is 10.9. The summed E-state index contributed by atoms with van der Waals surface area (Å²) in [4.78, 5) is 10.9. The Morgan fingerprint density at radius 2 is 2.00 bits per heavy atom. The van der Waals surface area contributed by atoms with E-state index in [0.717, 1.165) is 0 Å². The minimum Gasteiger partial charge on any atom is -0.460 e. The molecular weight excluding hydrogens is 148 g/mol. The fraction of sp³-hybridized carbons (Fsp3) is 0.857. The molecule has 0 bridgehead atoms. The first kappa shape index (κ1) is 7.06. The molecule has 4 nitrogen and oxygen atoms in total. The molecule has 11 heavy (non-hydrogen) atoms. The van der Waals surface area contributed by atoms with Gasteiger partial charge in [0.05, 0.1) is 0 Å². The van der Waals surface area contributed by atoms with Gasteiger partial charge in [-0.2, -0.15) is 0 Å². The Labute approximate surface area is 63.8 Å². The van der Waals surface area contributed by atoms with E-state index in [9.17, 15) is 15.0 Å². The summed E-state index contributed by atoms with van der Waals surface area (Å²) in [5.74, 6) is -0.704. The van der Waals surface area contributed by atoms with E-state index in [1.54, 1.807) is 13.8 Å². The quantitative estimate of drug-likeness (QED) is 0.446. The first-order valence-electron chi connectivity index (χ1n) is 3.50. The summed E-state index contributed by atoms with van der Waals surface area (Å²) in [5, 5.41) is 19.2. The molecule has 2 atom stereocenters. The molecule has 1 aliphatic heterocycles. The van der Waals surface area contributed by atoms with Gasteiger partial charge in [0.1, 0.15) is 12.2 Å². The van der Waals surface area contributed by atoms with Gasteiger partial charge < -0.3 is 14.9 Å². The van der Waals surface area contributed by atoms with Crippen LogP contribution in [0.4, 0.5) is 0 Å². The third kappa shape index (κ3) is 0.387. The Balaban J connectivity index is 2.48. The Kier molecular flexibility index (Phi) is 0.846. The molecule has 2 fully saturated rings. The van der Waals surface area contributed by atoms with Crippen LogP contribution in [0.1, 0.15) is 13.8 Å². The second-order valence-corrected chi connectivity index (χ2v) is 3.77. The lowest BCUT2D eigenvalue weighted by atomic mass is 10.1. The number of aliphatic hydroxyl groups is 2. The lowest BCUT2D eigenvalue weighted by molar-refractivity contribution is -0.152. The highest BCUT2D eigenvalue weighted by Crippen LogP contribution is 2.68. The van der Waals surface area contributed by atoms with Crippen molar-refractivity contribution in [1.82, 2.24) is 0 Å². The van der Waals surface area contributed by atoms with Gasteiger partial charge in [0.25, 0.3) is 0 Å². The topological polar surface area (TPSA) is 66.8 Å². The molecule has 0 unspecified atom stereocenters. The van der Waals surface area contributed by atoms with Crippen molar-refractivity contribution in [2.24, 2.45) is 5.41 Å². The molecule has 2 N–H and O–H groups in total. The summed E-state index contributed by atoms with van der Waals surface area (Å²) >= 11 is 0. The van der Waals surface area contributed by atoms with Crippen LogP contribution in [0.3, 0.4) is 0 Å². The van der Waals surface area contributed by atoms with E-state index in [2.05, 4.69) is 4.74 Å². The van der Waals surface area contributed by atoms with Crippen LogP contribution in [0.5, 0.6) is 0 Å². The van der Waals surface area contributed by atoms with Crippen molar-refractivity contribution < 1.29 is 19.7 Å². The molecule has 0 aromatic heterocycles. The van der Waals surface area contributed by atoms with Gasteiger partial charge in [0.2, 0.25) is 5.60 Å². The minimum atomic E-state index is -1.65. The highest BCUT2D eigenvalue weighted by molar-refractivity contribution is 5.91. The van der Waals surface area contributed by atoms with Crippen LogP contribution in [0.2, 0.25) is 0 Å². The number of fused-ring (bicyclic) bond motifs is 1. The van der Waals surface area contributed by atoms with Crippen molar-refractivity contribution in [3.05, 3.63) is 0 Å². The standard InChI is InChI=1S/C7H10O4/c1-5(2)6(9)3-11-4(8)7(5,6)10/h9-10H,3H2,1-2H3/t6-,7+/m0/s1. The summed E-state index contributed by atoms with van der Waals surface area (Å²) in [6.45, 7) is 3.20. The predicted molar refractivity (Wildman–Crippen MR) is 34.6 cm³/mol. The Bertz CT molecular complexity index is 247. The summed E-state index contributed by atoms with van der Waals surface area (Å²) in [6.07, 6.45) is 0. The zero-order valence-electron chi connectivity index (χ0n) is 6.42. The second kappa shape index (κ2) is 1.32. The monoisotopic (exact) mass is 158 g/mol. The highest BCUT2D eigenvalue weighted by atomic mass is 16.6. The summed E-state index contributed by atoms with van der Waals surface area (Å²) < 4.78 is 4.52. The van der Waals surface area contributed by atoms with Crippen LogP contribution in [0.25, 0.3) is 0 Å². The van der Waals surface area contributed by atoms with Crippen molar-refractivity contribution in [1.29, 1.82) is 0 Å². The van der Waals surface area contributed by atoms with E-state index >= 15 is 0 Å². The van der Waals surface area contributed by atoms with Crippen molar-refractivity contribution in [2.75, 3.05) is 6.61 Å². The number of hydrogen-bond donors (Lipinski definition) is 2. The minimum absolute atomic E-state index is 0.0880. The van der Waals surface area contributed by atoms with Gasteiger partial charge in [-0.15, -0.1) is 0 Å². The molecule has 1 aliphatic carbocycles. The fourth-order valence-electron chi connectivity index (χ4n) is 1.90. The van der Waals surface area contributed by atoms with Crippen molar-refractivity contribution in [2.45, 2.75) is 25.0 Å². The number of carbonyl (C=O) groups excluding carboxylic acids is 1. The molecule has 0 spiro atoms. The van der Waals surface area contributed by atoms with Crippen molar-refractivity contribution in [3.8, 4) is 0 Å². The van der Waals surface area contributed by atoms with Crippen molar-refractivity contribution in [3.63, 3.8) is 0 Å². The molecule has 1 heterocycles. The largest absolute Gasteiger partial charge is 0.460 e. The molecule has 0 aromatic rings. The SMILES string of the molecule is CC1(C)[C@]2(O)C(=O)OC[C@]12O. The van der Waals surface area contributed by atoms with Gasteiger partial charge in [0.15, 0.2) is 0 Å². The van der Waals surface area contributed by atoms with Gasteiger partial charge in [0, 0.05) is 5.41 Å². The highest BCUT2D eigenvalue weighted by Gasteiger charge is 2.91. The molecule has 2 rings (SSSR count). The van der Waals surface area contributed by atoms with Crippen LogP contribution in [-0.2, 0) is 9.53 Å². The zero-order chi connectivity index (χ0) is 8.49. The van der Waals surface area contributed by atoms with E-state index < -0.39 is 22.6 Å². The third-order valence-electron chi connectivity index (χ3n) is 3.18. The van der Waals surface area contributed by atoms with E-state index in [0.29, 0.717) is 0 Å². The normalized spacial score (nSPS) is 51.8. The average molecular weight is 158 g/mol. The Hall–Kier alpha value is -0.610. The Morgan fingerprint density at radius 1 is 1.45 bits per heavy atom. The smallest absolute Gasteiger partial charge is 0.342 e. The lowest BCUT2D eigenvalue weighted by Crippen LogP contribution is -2.27. The number of cyclic esters (lactones) is 1. The summed E-state index contributed by atoms with van der Waals surface area (Å²) in [6, 6.07) is 0. The summed E-state index contributed by atoms with van der Waals surface area (Å²) in [7, 11) is 0. The van der Waals surface area contributed by atoms with Gasteiger partial charge in [-0.3, -0.25) is 0 Å². The molecule has 1 saturated heterocycles. The van der Waals surface area contributed by atoms with E-state index in [1.165, 1.54) is 0 Å². The number of rotatable bonds is 0. The number of ether oxygens (including phenoxy) is 1. The van der Waals surface area contributed by atoms with Crippen LogP contribution in [0, 0.1) is 5.41 Å². The molecule has 62 valence electrons. The summed E-state index contributed by atoms with van der Waals surface area (Å²) in [5.41, 5.74) is -3.76. The third-order valence-corrected chi connectivity index (χ3v) is 3.18. The van der Waals surface area contributed by atoms with Crippen LogP contribution in [0.15, 0.2) is 0 Å². The van der Waals surface area contributed by atoms with Crippen LogP contribution >= 0.6 is 0 Å². The average Bonchev–Trinajstić information content (AvgIpc) is 2.21. The number of carbonyl (C=O) groups is 1. The van der Waals surface area contributed by atoms with E-state index in [1.807, 2.05) is 0 Å². The first-order chi connectivity index (χ1) is 4.88. The second-order valence-electron chi connectivity index (χ2n) is 3.77. The van der Waals surface area contributed by atoms with Gasteiger partial charge in [-0.05, 0) is 0 Å². The lowest BCUT2D eigenvalue weighted by Gasteiger charge is -2.11. The molecule has 2 aliphatic rings. The van der Waals surface area contributed by atoms with Gasteiger partial charge >= 0.3 is 5.97 Å². The predicted octanol–water partition coefficient (Wildman–Crippen LogP) is -0.955. The molecular formula is C7H10O4. The number of hydrogen-bond acceptors (Lipinski definition) is 4. The van der Waals surface area contributed by atoms with E-state index in [-0.39, 0.29) is 6.61 Å². The molecule has 0 aromatic carbocycles.